The van der Waals surface area contributed by atoms with Crippen molar-refractivity contribution in [2.24, 2.45) is 11.8 Å². The molecule has 2 fully saturated rings. The number of nitrogens with one attached hydrogen (secondary N) is 1. The maximum absolute atomic E-state index is 12.5. The summed E-state index contributed by atoms with van der Waals surface area (Å²) in [5.74, 6) is 0.417. The van der Waals surface area contributed by atoms with Crippen LogP contribution in [0.3, 0.4) is 0 Å². The second-order valence-electron chi connectivity index (χ2n) is 5.77. The van der Waals surface area contributed by atoms with Crippen LogP contribution < -0.4 is 0 Å². The summed E-state index contributed by atoms with van der Waals surface area (Å²) < 4.78 is 5.05. The number of H-pyrrole nitrogens is 1. The van der Waals surface area contributed by atoms with Crippen LogP contribution in [0.5, 0.6) is 0 Å². The zero-order valence-corrected chi connectivity index (χ0v) is 12.2. The Morgan fingerprint density at radius 3 is 3.05 bits per heavy atom. The van der Waals surface area contributed by atoms with Crippen molar-refractivity contribution in [2.45, 2.75) is 6.42 Å². The average Bonchev–Trinajstić information content (AvgIpc) is 3.15. The number of carbonyl (C=O) groups is 2. The standard InChI is InChI=1S/C15H21N3O3/c1-21-8-7-17-6-4-11-9-18(10-12(11)14(17)19)15(20)13-3-2-5-16-13/h2-3,5,11-12,16H,4,6-10H2,1H3/t11-,12-/m1/s1. The molecule has 2 aliphatic rings. The van der Waals surface area contributed by atoms with E-state index in [1.165, 1.54) is 0 Å². The van der Waals surface area contributed by atoms with E-state index in [4.69, 9.17) is 4.74 Å². The number of carbonyl (C=O) groups excluding carboxylic acids is 2. The van der Waals surface area contributed by atoms with Crippen molar-refractivity contribution in [1.29, 1.82) is 0 Å². The van der Waals surface area contributed by atoms with Gasteiger partial charge in [0.15, 0.2) is 0 Å². The molecule has 2 atom stereocenters. The van der Waals surface area contributed by atoms with Crippen molar-refractivity contribution >= 4 is 11.8 Å². The molecule has 0 aromatic carbocycles. The Balaban J connectivity index is 1.65. The predicted molar refractivity (Wildman–Crippen MR) is 76.7 cm³/mol. The fourth-order valence-corrected chi connectivity index (χ4v) is 3.33. The van der Waals surface area contributed by atoms with Gasteiger partial charge in [-0.15, -0.1) is 0 Å². The molecule has 2 aliphatic heterocycles. The van der Waals surface area contributed by atoms with Crippen LogP contribution in [-0.4, -0.2) is 66.5 Å². The number of piperidine rings is 1. The largest absolute Gasteiger partial charge is 0.383 e. The Morgan fingerprint density at radius 1 is 1.48 bits per heavy atom. The number of nitrogens with zero attached hydrogens (tertiary/aromatic N) is 2. The highest BCUT2D eigenvalue weighted by atomic mass is 16.5. The molecular weight excluding hydrogens is 270 g/mol. The van der Waals surface area contributed by atoms with Crippen LogP contribution in [-0.2, 0) is 9.53 Å². The fourth-order valence-electron chi connectivity index (χ4n) is 3.33. The predicted octanol–water partition coefficient (Wildman–Crippen LogP) is 0.582. The third-order valence-corrected chi connectivity index (χ3v) is 4.52. The number of ether oxygens (including phenoxy) is 1. The minimum absolute atomic E-state index is 0.00867. The van der Waals surface area contributed by atoms with Gasteiger partial charge in [0.25, 0.3) is 5.91 Å². The van der Waals surface area contributed by atoms with E-state index < -0.39 is 0 Å². The minimum atomic E-state index is -0.0467. The Hall–Kier alpha value is -1.82. The third kappa shape index (κ3) is 2.68. The van der Waals surface area contributed by atoms with Crippen LogP contribution in [0.4, 0.5) is 0 Å². The van der Waals surface area contributed by atoms with E-state index in [1.54, 1.807) is 24.3 Å². The maximum atomic E-state index is 12.5. The van der Waals surface area contributed by atoms with Gasteiger partial charge in [-0.3, -0.25) is 9.59 Å². The molecular formula is C15H21N3O3. The number of fused-ring (bicyclic) bond motifs is 1. The Morgan fingerprint density at radius 2 is 2.33 bits per heavy atom. The highest BCUT2D eigenvalue weighted by Crippen LogP contribution is 2.32. The molecule has 3 rings (SSSR count). The van der Waals surface area contributed by atoms with Gasteiger partial charge in [0.1, 0.15) is 5.69 Å². The van der Waals surface area contributed by atoms with E-state index in [0.29, 0.717) is 37.9 Å². The van der Waals surface area contributed by atoms with Crippen molar-refractivity contribution in [3.63, 3.8) is 0 Å². The first-order valence-corrected chi connectivity index (χ1v) is 7.41. The molecule has 6 heteroatoms. The molecule has 114 valence electrons. The summed E-state index contributed by atoms with van der Waals surface area (Å²) in [6.07, 6.45) is 2.71. The SMILES string of the molecule is COCCN1CC[C@@H]2CN(C(=O)c3ccc[nH]3)C[C@H]2C1=O. The zero-order chi connectivity index (χ0) is 14.8. The molecule has 2 saturated heterocycles. The summed E-state index contributed by atoms with van der Waals surface area (Å²) in [5.41, 5.74) is 0.595. The van der Waals surface area contributed by atoms with Crippen LogP contribution >= 0.6 is 0 Å². The topological polar surface area (TPSA) is 65.6 Å². The number of amides is 2. The van der Waals surface area contributed by atoms with Crippen LogP contribution in [0.1, 0.15) is 16.9 Å². The first kappa shape index (κ1) is 14.1. The Kier molecular flexibility index (Phi) is 3.96. The maximum Gasteiger partial charge on any atom is 0.270 e. The summed E-state index contributed by atoms with van der Waals surface area (Å²) in [6.45, 7) is 3.20. The van der Waals surface area contributed by atoms with Crippen LogP contribution in [0.2, 0.25) is 0 Å². The number of hydrogen-bond donors (Lipinski definition) is 1. The van der Waals surface area contributed by atoms with Gasteiger partial charge in [-0.25, -0.2) is 0 Å². The molecule has 6 nitrogen and oxygen atoms in total. The summed E-state index contributed by atoms with van der Waals surface area (Å²) in [5, 5.41) is 0. The quantitative estimate of drug-likeness (QED) is 0.882. The van der Waals surface area contributed by atoms with Crippen LogP contribution in [0.15, 0.2) is 18.3 Å². The molecule has 1 aromatic rings. The molecule has 0 bridgehead atoms. The van der Waals surface area contributed by atoms with E-state index in [-0.39, 0.29) is 17.7 Å². The van der Waals surface area contributed by atoms with E-state index in [2.05, 4.69) is 4.98 Å². The molecule has 0 radical (unpaired) electrons. The molecule has 1 aromatic heterocycles. The lowest BCUT2D eigenvalue weighted by molar-refractivity contribution is -0.140. The van der Waals surface area contributed by atoms with Crippen LogP contribution in [0.25, 0.3) is 0 Å². The summed E-state index contributed by atoms with van der Waals surface area (Å²) in [4.78, 5) is 31.5. The van der Waals surface area contributed by atoms with Crippen molar-refractivity contribution in [2.75, 3.05) is 39.9 Å². The molecule has 3 heterocycles. The van der Waals surface area contributed by atoms with E-state index in [0.717, 1.165) is 13.0 Å². The first-order chi connectivity index (χ1) is 10.2. The van der Waals surface area contributed by atoms with Crippen molar-refractivity contribution in [3.8, 4) is 0 Å². The van der Waals surface area contributed by atoms with Gasteiger partial charge in [0, 0.05) is 39.5 Å². The first-order valence-electron chi connectivity index (χ1n) is 7.41. The fraction of sp³-hybridized carbons (Fsp3) is 0.600. The Labute approximate surface area is 124 Å². The monoisotopic (exact) mass is 291 g/mol. The van der Waals surface area contributed by atoms with Gasteiger partial charge >= 0.3 is 0 Å². The number of hydrogen-bond acceptors (Lipinski definition) is 3. The second kappa shape index (κ2) is 5.89. The van der Waals surface area contributed by atoms with E-state index in [9.17, 15) is 9.59 Å². The lowest BCUT2D eigenvalue weighted by Crippen LogP contribution is -2.46. The summed E-state index contributed by atoms with van der Waals surface area (Å²) >= 11 is 0. The molecule has 2 amide bonds. The highest BCUT2D eigenvalue weighted by Gasteiger charge is 2.44. The molecule has 1 N–H and O–H groups in total. The van der Waals surface area contributed by atoms with E-state index >= 15 is 0 Å². The molecule has 21 heavy (non-hydrogen) atoms. The lowest BCUT2D eigenvalue weighted by atomic mass is 9.88. The number of rotatable bonds is 4. The highest BCUT2D eigenvalue weighted by molar-refractivity contribution is 5.93. The molecule has 0 spiro atoms. The number of aromatic amines is 1. The summed E-state index contributed by atoms with van der Waals surface area (Å²) in [6, 6.07) is 3.59. The second-order valence-corrected chi connectivity index (χ2v) is 5.77. The summed E-state index contributed by atoms with van der Waals surface area (Å²) in [7, 11) is 1.64. The van der Waals surface area contributed by atoms with Gasteiger partial charge in [-0.1, -0.05) is 0 Å². The normalized spacial score (nSPS) is 25.3. The van der Waals surface area contributed by atoms with Crippen molar-refractivity contribution in [3.05, 3.63) is 24.0 Å². The van der Waals surface area contributed by atoms with Gasteiger partial charge in [0.05, 0.1) is 12.5 Å². The van der Waals surface area contributed by atoms with Gasteiger partial charge in [-0.2, -0.15) is 0 Å². The minimum Gasteiger partial charge on any atom is -0.383 e. The number of aromatic nitrogens is 1. The van der Waals surface area contributed by atoms with Crippen LogP contribution in [0, 0.1) is 11.8 Å². The van der Waals surface area contributed by atoms with Crippen molar-refractivity contribution in [1.82, 2.24) is 14.8 Å². The van der Waals surface area contributed by atoms with E-state index in [1.807, 2.05) is 11.0 Å². The molecule has 0 saturated carbocycles. The van der Waals surface area contributed by atoms with Gasteiger partial charge in [0.2, 0.25) is 5.91 Å². The lowest BCUT2D eigenvalue weighted by Gasteiger charge is -2.33. The smallest absolute Gasteiger partial charge is 0.270 e. The van der Waals surface area contributed by atoms with Gasteiger partial charge < -0.3 is 19.5 Å². The average molecular weight is 291 g/mol. The number of likely N-dealkylation sites (tertiary alicyclic amines) is 2. The zero-order valence-electron chi connectivity index (χ0n) is 12.2. The molecule has 0 unspecified atom stereocenters. The van der Waals surface area contributed by atoms with Gasteiger partial charge in [-0.05, 0) is 24.5 Å². The molecule has 0 aliphatic carbocycles. The third-order valence-electron chi connectivity index (χ3n) is 4.52. The Bertz CT molecular complexity index is 514. The number of methoxy groups -OCH3 is 1. The van der Waals surface area contributed by atoms with Crippen molar-refractivity contribution < 1.29 is 14.3 Å².